The number of aryl methyl sites for hydroxylation is 1. The monoisotopic (exact) mass is 357 g/mol. The lowest BCUT2D eigenvalue weighted by Crippen LogP contribution is -1.99. The van der Waals surface area contributed by atoms with E-state index in [9.17, 15) is 0 Å². The van der Waals surface area contributed by atoms with Gasteiger partial charge in [0.25, 0.3) is 0 Å². The van der Waals surface area contributed by atoms with Crippen LogP contribution in [0.3, 0.4) is 0 Å². The molecule has 0 radical (unpaired) electrons. The van der Waals surface area contributed by atoms with E-state index in [1.165, 1.54) is 9.13 Å². The minimum atomic E-state index is 0.792. The number of anilines is 1. The Morgan fingerprint density at radius 1 is 1.18 bits per heavy atom. The second-order valence-corrected chi connectivity index (χ2v) is 5.60. The molecule has 0 atom stereocenters. The summed E-state index contributed by atoms with van der Waals surface area (Å²) in [6.45, 7) is 2.80. The maximum atomic E-state index is 6.09. The Kier molecular flexibility index (Phi) is 4.29. The minimum Gasteiger partial charge on any atom is -0.381 e. The van der Waals surface area contributed by atoms with Crippen LogP contribution in [0, 0.1) is 10.5 Å². The van der Waals surface area contributed by atoms with Gasteiger partial charge in [-0.05, 0) is 64.9 Å². The fraction of sp³-hybridized carbons (Fsp3) is 0.143. The highest BCUT2D eigenvalue weighted by Gasteiger charge is 1.98. The van der Waals surface area contributed by atoms with Crippen LogP contribution in [0.2, 0.25) is 5.02 Å². The standard InChI is InChI=1S/C14H13ClIN/c1-10-5-6-11(7-14(10)15)9-17-13-4-2-3-12(16)8-13/h2-8,17H,9H2,1H3. The van der Waals surface area contributed by atoms with E-state index in [0.29, 0.717) is 0 Å². The van der Waals surface area contributed by atoms with Crippen LogP contribution >= 0.6 is 34.2 Å². The van der Waals surface area contributed by atoms with Gasteiger partial charge in [0.05, 0.1) is 0 Å². The molecule has 2 aromatic rings. The first-order chi connectivity index (χ1) is 8.15. The zero-order valence-electron chi connectivity index (χ0n) is 9.50. The van der Waals surface area contributed by atoms with E-state index in [1.807, 2.05) is 25.1 Å². The number of halogens is 2. The molecule has 0 saturated heterocycles. The Morgan fingerprint density at radius 2 is 2.00 bits per heavy atom. The summed E-state index contributed by atoms with van der Waals surface area (Å²) in [6.07, 6.45) is 0. The van der Waals surface area contributed by atoms with Crippen molar-refractivity contribution in [2.45, 2.75) is 13.5 Å². The van der Waals surface area contributed by atoms with Crippen molar-refractivity contribution in [1.82, 2.24) is 0 Å². The van der Waals surface area contributed by atoms with Gasteiger partial charge in [0, 0.05) is 20.8 Å². The summed E-state index contributed by atoms with van der Waals surface area (Å²) < 4.78 is 1.23. The van der Waals surface area contributed by atoms with E-state index >= 15 is 0 Å². The quantitative estimate of drug-likeness (QED) is 0.773. The normalized spacial score (nSPS) is 10.3. The van der Waals surface area contributed by atoms with Crippen molar-refractivity contribution < 1.29 is 0 Å². The molecule has 17 heavy (non-hydrogen) atoms. The van der Waals surface area contributed by atoms with E-state index in [1.54, 1.807) is 0 Å². The van der Waals surface area contributed by atoms with Crippen LogP contribution in [0.25, 0.3) is 0 Å². The summed E-state index contributed by atoms with van der Waals surface area (Å²) in [7, 11) is 0. The first-order valence-corrected chi connectivity index (χ1v) is 6.85. The van der Waals surface area contributed by atoms with Crippen molar-refractivity contribution in [1.29, 1.82) is 0 Å². The Morgan fingerprint density at radius 3 is 2.71 bits per heavy atom. The van der Waals surface area contributed by atoms with Crippen LogP contribution in [0.15, 0.2) is 42.5 Å². The molecular weight excluding hydrogens is 345 g/mol. The third-order valence-electron chi connectivity index (χ3n) is 2.56. The van der Waals surface area contributed by atoms with Crippen molar-refractivity contribution in [3.8, 4) is 0 Å². The molecule has 3 heteroatoms. The van der Waals surface area contributed by atoms with Gasteiger partial charge in [-0.2, -0.15) is 0 Å². The number of benzene rings is 2. The van der Waals surface area contributed by atoms with Crippen LogP contribution in [0.4, 0.5) is 5.69 Å². The first kappa shape index (κ1) is 12.7. The Hall–Kier alpha value is -0.740. The number of rotatable bonds is 3. The molecule has 2 rings (SSSR count). The van der Waals surface area contributed by atoms with Crippen molar-refractivity contribution in [2.75, 3.05) is 5.32 Å². The van der Waals surface area contributed by atoms with E-state index in [4.69, 9.17) is 11.6 Å². The van der Waals surface area contributed by atoms with Gasteiger partial charge in [-0.3, -0.25) is 0 Å². The molecule has 88 valence electrons. The maximum absolute atomic E-state index is 6.09. The van der Waals surface area contributed by atoms with Crippen molar-refractivity contribution in [3.05, 3.63) is 62.2 Å². The molecule has 2 aromatic carbocycles. The van der Waals surface area contributed by atoms with Gasteiger partial charge in [0.15, 0.2) is 0 Å². The summed E-state index contributed by atoms with van der Waals surface area (Å²) in [5.74, 6) is 0. The zero-order valence-corrected chi connectivity index (χ0v) is 12.4. The number of nitrogens with one attached hydrogen (secondary N) is 1. The predicted octanol–water partition coefficient (Wildman–Crippen LogP) is 4.87. The third kappa shape index (κ3) is 3.61. The van der Waals surface area contributed by atoms with Gasteiger partial charge < -0.3 is 5.32 Å². The molecule has 0 unspecified atom stereocenters. The van der Waals surface area contributed by atoms with Crippen LogP contribution in [-0.4, -0.2) is 0 Å². The highest BCUT2D eigenvalue weighted by molar-refractivity contribution is 14.1. The van der Waals surface area contributed by atoms with E-state index < -0.39 is 0 Å². The molecule has 0 amide bonds. The molecular formula is C14H13ClIN. The van der Waals surface area contributed by atoms with E-state index in [2.05, 4.69) is 52.2 Å². The highest BCUT2D eigenvalue weighted by Crippen LogP contribution is 2.18. The van der Waals surface area contributed by atoms with E-state index in [0.717, 1.165) is 22.8 Å². The van der Waals surface area contributed by atoms with Gasteiger partial charge in [-0.15, -0.1) is 0 Å². The SMILES string of the molecule is Cc1ccc(CNc2cccc(I)c2)cc1Cl. The van der Waals surface area contributed by atoms with Crippen LogP contribution in [0.5, 0.6) is 0 Å². The summed E-state index contributed by atoms with van der Waals surface area (Å²) in [4.78, 5) is 0. The first-order valence-electron chi connectivity index (χ1n) is 5.39. The van der Waals surface area contributed by atoms with Gasteiger partial charge in [0.2, 0.25) is 0 Å². The average Bonchev–Trinajstić information content (AvgIpc) is 2.31. The molecule has 1 N–H and O–H groups in total. The van der Waals surface area contributed by atoms with Crippen LogP contribution < -0.4 is 5.32 Å². The fourth-order valence-corrected chi connectivity index (χ4v) is 2.30. The fourth-order valence-electron chi connectivity index (χ4n) is 1.55. The number of hydrogen-bond donors (Lipinski definition) is 1. The minimum absolute atomic E-state index is 0.792. The lowest BCUT2D eigenvalue weighted by atomic mass is 10.1. The van der Waals surface area contributed by atoms with Gasteiger partial charge in [-0.1, -0.05) is 29.8 Å². The highest BCUT2D eigenvalue weighted by atomic mass is 127. The second kappa shape index (κ2) is 5.74. The molecule has 0 aliphatic heterocycles. The van der Waals surface area contributed by atoms with Crippen LogP contribution in [-0.2, 0) is 6.54 Å². The van der Waals surface area contributed by atoms with Gasteiger partial charge in [-0.25, -0.2) is 0 Å². The molecule has 0 aliphatic rings. The predicted molar refractivity (Wildman–Crippen MR) is 82.7 cm³/mol. The molecule has 0 spiro atoms. The topological polar surface area (TPSA) is 12.0 Å². The molecule has 0 bridgehead atoms. The molecule has 0 fully saturated rings. The van der Waals surface area contributed by atoms with Crippen LogP contribution in [0.1, 0.15) is 11.1 Å². The second-order valence-electron chi connectivity index (χ2n) is 3.95. The third-order valence-corrected chi connectivity index (χ3v) is 3.64. The molecule has 0 aliphatic carbocycles. The average molecular weight is 358 g/mol. The van der Waals surface area contributed by atoms with Crippen molar-refractivity contribution in [3.63, 3.8) is 0 Å². The van der Waals surface area contributed by atoms with Crippen molar-refractivity contribution >= 4 is 39.9 Å². The lowest BCUT2D eigenvalue weighted by molar-refractivity contribution is 1.14. The van der Waals surface area contributed by atoms with Gasteiger partial charge >= 0.3 is 0 Å². The Bertz CT molecular complexity index is 525. The molecule has 0 heterocycles. The maximum Gasteiger partial charge on any atom is 0.0438 e. The summed E-state index contributed by atoms with van der Waals surface area (Å²) in [5.41, 5.74) is 3.44. The summed E-state index contributed by atoms with van der Waals surface area (Å²) in [6, 6.07) is 14.5. The summed E-state index contributed by atoms with van der Waals surface area (Å²) >= 11 is 8.40. The van der Waals surface area contributed by atoms with Gasteiger partial charge in [0.1, 0.15) is 0 Å². The lowest BCUT2D eigenvalue weighted by Gasteiger charge is -2.08. The molecule has 0 aromatic heterocycles. The zero-order chi connectivity index (χ0) is 12.3. The Balaban J connectivity index is 2.05. The Labute approximate surface area is 120 Å². The molecule has 1 nitrogen and oxygen atoms in total. The number of hydrogen-bond acceptors (Lipinski definition) is 1. The van der Waals surface area contributed by atoms with E-state index in [-0.39, 0.29) is 0 Å². The van der Waals surface area contributed by atoms with Crippen molar-refractivity contribution in [2.24, 2.45) is 0 Å². The summed E-state index contributed by atoms with van der Waals surface area (Å²) in [5, 5.41) is 4.21. The smallest absolute Gasteiger partial charge is 0.0438 e. The largest absolute Gasteiger partial charge is 0.381 e. The molecule has 0 saturated carbocycles.